The normalized spacial score (nSPS) is 11.1. The molecule has 0 aliphatic heterocycles. The average molecular weight is 335 g/mol. The molecule has 2 aromatic heterocycles. The molecule has 4 heteroatoms. The molecular weight excluding hydrogens is 325 g/mol. The molecule has 2 heterocycles. The quantitative estimate of drug-likeness (QED) is 0.731. The second kappa shape index (κ2) is 4.28. The number of hydrogen-bond acceptors (Lipinski definition) is 3. The monoisotopic (exact) mass is 335 g/mol. The summed E-state index contributed by atoms with van der Waals surface area (Å²) < 4.78 is 1.32. The van der Waals surface area contributed by atoms with Crippen molar-refractivity contribution in [2.24, 2.45) is 0 Å². The molecule has 74 valence electrons. The lowest BCUT2D eigenvalue weighted by Gasteiger charge is -1.95. The number of nitrogens with zero attached hydrogens (tertiary/aromatic N) is 1. The highest BCUT2D eigenvalue weighted by Crippen LogP contribution is 2.33. The molecule has 2 rings (SSSR count). The van der Waals surface area contributed by atoms with Crippen LogP contribution in [0.1, 0.15) is 24.6 Å². The third-order valence-corrected chi connectivity index (χ3v) is 5.24. The van der Waals surface area contributed by atoms with Crippen molar-refractivity contribution < 1.29 is 0 Å². The van der Waals surface area contributed by atoms with E-state index in [1.807, 2.05) is 6.20 Å². The number of aromatic nitrogens is 1. The molecule has 0 aliphatic rings. The van der Waals surface area contributed by atoms with Crippen LogP contribution in [0.15, 0.2) is 18.3 Å². The maximum atomic E-state index is 4.45. The SMILES string of the molecule is CC(C)c1cnc(-c2ccc(I)s2)s1. The lowest BCUT2D eigenvalue weighted by molar-refractivity contribution is 0.885. The zero-order valence-corrected chi connectivity index (χ0v) is 11.7. The summed E-state index contributed by atoms with van der Waals surface area (Å²) in [7, 11) is 0. The van der Waals surface area contributed by atoms with Crippen molar-refractivity contribution in [1.82, 2.24) is 4.98 Å². The first-order valence-electron chi connectivity index (χ1n) is 4.38. The van der Waals surface area contributed by atoms with Crippen LogP contribution in [0.2, 0.25) is 0 Å². The van der Waals surface area contributed by atoms with E-state index in [1.54, 1.807) is 22.7 Å². The van der Waals surface area contributed by atoms with Gasteiger partial charge in [-0.3, -0.25) is 0 Å². The van der Waals surface area contributed by atoms with Crippen LogP contribution >= 0.6 is 45.3 Å². The van der Waals surface area contributed by atoms with Crippen molar-refractivity contribution in [3.8, 4) is 9.88 Å². The van der Waals surface area contributed by atoms with Crippen molar-refractivity contribution in [3.63, 3.8) is 0 Å². The van der Waals surface area contributed by atoms with Crippen LogP contribution in [-0.4, -0.2) is 4.98 Å². The van der Waals surface area contributed by atoms with Gasteiger partial charge >= 0.3 is 0 Å². The molecule has 0 amide bonds. The second-order valence-corrected chi connectivity index (χ2v) is 7.37. The van der Waals surface area contributed by atoms with Crippen molar-refractivity contribution in [2.45, 2.75) is 19.8 Å². The zero-order valence-electron chi connectivity index (χ0n) is 7.95. The van der Waals surface area contributed by atoms with Crippen LogP contribution in [0.25, 0.3) is 9.88 Å². The molecule has 0 radical (unpaired) electrons. The Hall–Kier alpha value is 0.0600. The van der Waals surface area contributed by atoms with Crippen LogP contribution < -0.4 is 0 Å². The lowest BCUT2D eigenvalue weighted by Crippen LogP contribution is -1.77. The molecule has 0 N–H and O–H groups in total. The van der Waals surface area contributed by atoms with Crippen molar-refractivity contribution in [2.75, 3.05) is 0 Å². The Labute approximate surface area is 105 Å². The van der Waals surface area contributed by atoms with Crippen molar-refractivity contribution >= 4 is 45.3 Å². The minimum atomic E-state index is 0.584. The van der Waals surface area contributed by atoms with Crippen molar-refractivity contribution in [3.05, 3.63) is 26.1 Å². The topological polar surface area (TPSA) is 12.9 Å². The number of hydrogen-bond donors (Lipinski definition) is 0. The van der Waals surface area contributed by atoms with E-state index in [1.165, 1.54) is 12.6 Å². The molecule has 0 atom stereocenters. The second-order valence-electron chi connectivity index (χ2n) is 3.33. The van der Waals surface area contributed by atoms with Crippen LogP contribution in [0, 0.1) is 2.88 Å². The summed E-state index contributed by atoms with van der Waals surface area (Å²) >= 11 is 5.95. The molecule has 1 nitrogen and oxygen atoms in total. The molecule has 0 bridgehead atoms. The van der Waals surface area contributed by atoms with E-state index in [4.69, 9.17) is 0 Å². The Morgan fingerprint density at radius 1 is 1.29 bits per heavy atom. The van der Waals surface area contributed by atoms with E-state index < -0.39 is 0 Å². The van der Waals surface area contributed by atoms with E-state index >= 15 is 0 Å². The van der Waals surface area contributed by atoms with Gasteiger partial charge in [0.05, 0.1) is 7.76 Å². The maximum absolute atomic E-state index is 4.45. The Balaban J connectivity index is 2.33. The number of rotatable bonds is 2. The van der Waals surface area contributed by atoms with E-state index in [9.17, 15) is 0 Å². The zero-order chi connectivity index (χ0) is 10.1. The molecule has 0 fully saturated rings. The van der Waals surface area contributed by atoms with Gasteiger partial charge in [0, 0.05) is 11.1 Å². The van der Waals surface area contributed by atoms with Gasteiger partial charge < -0.3 is 0 Å². The first-order chi connectivity index (χ1) is 6.66. The van der Waals surface area contributed by atoms with Crippen LogP contribution in [-0.2, 0) is 0 Å². The fourth-order valence-electron chi connectivity index (χ4n) is 1.10. The van der Waals surface area contributed by atoms with Gasteiger partial charge in [0.25, 0.3) is 0 Å². The molecule has 0 unspecified atom stereocenters. The Kier molecular flexibility index (Phi) is 3.23. The van der Waals surface area contributed by atoms with Gasteiger partial charge in [-0.05, 0) is 40.6 Å². The lowest BCUT2D eigenvalue weighted by atomic mass is 10.2. The maximum Gasteiger partial charge on any atom is 0.133 e. The van der Waals surface area contributed by atoms with E-state index in [0.29, 0.717) is 5.92 Å². The van der Waals surface area contributed by atoms with Gasteiger partial charge in [-0.25, -0.2) is 4.98 Å². The number of thiophene rings is 1. The summed E-state index contributed by atoms with van der Waals surface area (Å²) in [5.74, 6) is 0.584. The van der Waals surface area contributed by atoms with Gasteiger partial charge in [0.15, 0.2) is 0 Å². The Morgan fingerprint density at radius 3 is 2.57 bits per heavy atom. The highest BCUT2D eigenvalue weighted by atomic mass is 127. The number of thiazole rings is 1. The summed E-state index contributed by atoms with van der Waals surface area (Å²) in [5.41, 5.74) is 0. The van der Waals surface area contributed by atoms with Gasteiger partial charge in [-0.2, -0.15) is 0 Å². The van der Waals surface area contributed by atoms with E-state index in [2.05, 4.69) is 53.6 Å². The fourth-order valence-corrected chi connectivity index (χ4v) is 3.70. The van der Waals surface area contributed by atoms with E-state index in [-0.39, 0.29) is 0 Å². The molecule has 14 heavy (non-hydrogen) atoms. The highest BCUT2D eigenvalue weighted by molar-refractivity contribution is 14.1. The summed E-state index contributed by atoms with van der Waals surface area (Å²) in [4.78, 5) is 7.09. The summed E-state index contributed by atoms with van der Waals surface area (Å²) in [6.07, 6.45) is 2.00. The molecule has 0 saturated carbocycles. The summed E-state index contributed by atoms with van der Waals surface area (Å²) in [6.45, 7) is 4.41. The smallest absolute Gasteiger partial charge is 0.133 e. The first kappa shape index (κ1) is 10.6. The van der Waals surface area contributed by atoms with Gasteiger partial charge in [-0.15, -0.1) is 22.7 Å². The molecule has 0 spiro atoms. The molecule has 2 aromatic rings. The van der Waals surface area contributed by atoms with Gasteiger partial charge in [0.2, 0.25) is 0 Å². The third kappa shape index (κ3) is 2.17. The Morgan fingerprint density at radius 2 is 2.07 bits per heavy atom. The van der Waals surface area contributed by atoms with Crippen LogP contribution in [0.4, 0.5) is 0 Å². The first-order valence-corrected chi connectivity index (χ1v) is 7.09. The molecular formula is C10H10INS2. The van der Waals surface area contributed by atoms with Gasteiger partial charge in [-0.1, -0.05) is 13.8 Å². The third-order valence-electron chi connectivity index (χ3n) is 1.88. The number of halogens is 1. The fraction of sp³-hybridized carbons (Fsp3) is 0.300. The average Bonchev–Trinajstić information content (AvgIpc) is 2.70. The van der Waals surface area contributed by atoms with Crippen LogP contribution in [0.5, 0.6) is 0 Å². The summed E-state index contributed by atoms with van der Waals surface area (Å²) in [5, 5.41) is 1.15. The molecule has 0 saturated heterocycles. The highest BCUT2D eigenvalue weighted by Gasteiger charge is 2.08. The standard InChI is InChI=1S/C10H10INS2/c1-6(2)8-5-12-10(14-8)7-3-4-9(11)13-7/h3-6H,1-2H3. The predicted octanol–water partition coefficient (Wildman–Crippen LogP) is 4.60. The van der Waals surface area contributed by atoms with E-state index in [0.717, 1.165) is 5.01 Å². The predicted molar refractivity (Wildman–Crippen MR) is 72.2 cm³/mol. The minimum Gasteiger partial charge on any atom is -0.243 e. The molecule has 0 aliphatic carbocycles. The van der Waals surface area contributed by atoms with Crippen LogP contribution in [0.3, 0.4) is 0 Å². The minimum absolute atomic E-state index is 0.584. The van der Waals surface area contributed by atoms with Gasteiger partial charge in [0.1, 0.15) is 5.01 Å². The molecule has 0 aromatic carbocycles. The Bertz CT molecular complexity index is 431. The largest absolute Gasteiger partial charge is 0.243 e. The van der Waals surface area contributed by atoms with Crippen molar-refractivity contribution in [1.29, 1.82) is 0 Å². The summed E-state index contributed by atoms with van der Waals surface area (Å²) in [6, 6.07) is 4.28.